The fraction of sp³-hybridized carbons (Fsp3) is 0.417. The number of sulfonamides is 1. The van der Waals surface area contributed by atoms with Crippen molar-refractivity contribution in [1.82, 2.24) is 24.8 Å². The van der Waals surface area contributed by atoms with Gasteiger partial charge in [-0.1, -0.05) is 37.1 Å². The van der Waals surface area contributed by atoms with E-state index in [1.165, 1.54) is 31.4 Å². The Morgan fingerprint density at radius 3 is 2.46 bits per heavy atom. The van der Waals surface area contributed by atoms with E-state index in [4.69, 9.17) is 9.72 Å². The summed E-state index contributed by atoms with van der Waals surface area (Å²) in [5, 5.41) is 0. The molecule has 1 amide bonds. The van der Waals surface area contributed by atoms with Crippen LogP contribution in [0.25, 0.3) is 11.3 Å². The third-order valence-corrected chi connectivity index (χ3v) is 11.1. The molecule has 0 unspecified atom stereocenters. The van der Waals surface area contributed by atoms with E-state index in [0.29, 0.717) is 29.8 Å². The largest absolute Gasteiger partial charge is 0.475 e. The number of hydrogen-bond acceptors (Lipinski definition) is 9. The Bertz CT molecular complexity index is 1920. The minimum atomic E-state index is -4.15. The monoisotopic (exact) mass is 667 g/mol. The van der Waals surface area contributed by atoms with E-state index in [1.807, 2.05) is 39.1 Å². The lowest BCUT2D eigenvalue weighted by Gasteiger charge is -2.36. The third kappa shape index (κ3) is 6.85. The van der Waals surface area contributed by atoms with Crippen molar-refractivity contribution in [2.45, 2.75) is 82.3 Å². The summed E-state index contributed by atoms with van der Waals surface area (Å²) < 4.78 is 36.3. The molecule has 12 heteroatoms. The van der Waals surface area contributed by atoms with Gasteiger partial charge in [-0.05, 0) is 81.2 Å². The van der Waals surface area contributed by atoms with Crippen molar-refractivity contribution in [2.24, 2.45) is 5.92 Å². The summed E-state index contributed by atoms with van der Waals surface area (Å²) in [4.78, 5) is 36.9. The average Bonchev–Trinajstić information content (AvgIpc) is 3.87. The van der Waals surface area contributed by atoms with Crippen molar-refractivity contribution in [3.8, 4) is 17.1 Å². The number of amides is 1. The van der Waals surface area contributed by atoms with Gasteiger partial charge in [0.1, 0.15) is 12.4 Å². The third-order valence-electron chi connectivity index (χ3n) is 9.77. The van der Waals surface area contributed by atoms with Crippen LogP contribution in [0.4, 0.5) is 11.8 Å². The highest BCUT2D eigenvalue weighted by atomic mass is 32.2. The molecule has 0 saturated heterocycles. The van der Waals surface area contributed by atoms with Crippen molar-refractivity contribution < 1.29 is 17.9 Å². The van der Waals surface area contributed by atoms with Crippen LogP contribution in [-0.4, -0.2) is 64.9 Å². The number of nitrogens with one attached hydrogen (secondary N) is 1. The summed E-state index contributed by atoms with van der Waals surface area (Å²) in [7, 11) is -2.12. The molecule has 2 aliphatic carbocycles. The normalized spacial score (nSPS) is 19.2. The highest BCUT2D eigenvalue weighted by Crippen LogP contribution is 2.36. The van der Waals surface area contributed by atoms with Crippen LogP contribution in [-0.2, 0) is 16.6 Å². The molecule has 4 bridgehead atoms. The first-order valence-corrected chi connectivity index (χ1v) is 18.2. The quantitative estimate of drug-likeness (QED) is 0.243. The highest BCUT2D eigenvalue weighted by molar-refractivity contribution is 7.92. The zero-order chi connectivity index (χ0) is 33.4. The number of aryl methyl sites for hydroxylation is 2. The number of benzene rings is 2. The Kier molecular flexibility index (Phi) is 8.76. The first kappa shape index (κ1) is 32.0. The molecular formula is C36H41N7O4S. The number of ether oxygens (including phenoxy) is 1. The molecule has 0 spiro atoms. The van der Waals surface area contributed by atoms with Crippen molar-refractivity contribution >= 4 is 27.7 Å². The first-order chi connectivity index (χ1) is 23.1. The molecular weight excluding hydrogens is 627 g/mol. The molecule has 1 atom stereocenters. The Morgan fingerprint density at radius 2 is 1.73 bits per heavy atom. The van der Waals surface area contributed by atoms with Gasteiger partial charge < -0.3 is 14.5 Å². The van der Waals surface area contributed by atoms with E-state index in [1.54, 1.807) is 35.5 Å². The van der Waals surface area contributed by atoms with Gasteiger partial charge in [-0.2, -0.15) is 4.98 Å². The van der Waals surface area contributed by atoms with Crippen LogP contribution < -0.4 is 14.4 Å². The Balaban J connectivity index is 1.31. The van der Waals surface area contributed by atoms with E-state index in [9.17, 15) is 13.2 Å². The number of carbonyl (C=O) groups is 1. The molecule has 0 radical (unpaired) electrons. The van der Waals surface area contributed by atoms with Crippen LogP contribution in [0.3, 0.4) is 0 Å². The van der Waals surface area contributed by atoms with E-state index in [2.05, 4.69) is 24.6 Å². The predicted molar refractivity (Wildman–Crippen MR) is 183 cm³/mol. The molecule has 1 aliphatic heterocycles. The van der Waals surface area contributed by atoms with Crippen LogP contribution in [0.5, 0.6) is 5.88 Å². The second kappa shape index (κ2) is 13.1. The summed E-state index contributed by atoms with van der Waals surface area (Å²) in [6.45, 7) is 4.32. The molecule has 2 aromatic heterocycles. The summed E-state index contributed by atoms with van der Waals surface area (Å²) in [6, 6.07) is 13.9. The lowest BCUT2D eigenvalue weighted by Crippen LogP contribution is -2.44. The van der Waals surface area contributed by atoms with Gasteiger partial charge in [0, 0.05) is 30.3 Å². The van der Waals surface area contributed by atoms with Crippen molar-refractivity contribution in [2.75, 3.05) is 23.3 Å². The number of rotatable bonds is 8. The lowest BCUT2D eigenvalue weighted by atomic mass is 9.92. The minimum absolute atomic E-state index is 0.0606. The number of anilines is 2. The molecule has 1 N–H and O–H groups in total. The van der Waals surface area contributed by atoms with Crippen LogP contribution >= 0.6 is 0 Å². The number of carbonyl (C=O) groups excluding carboxylic acids is 1. The van der Waals surface area contributed by atoms with E-state index >= 15 is 0 Å². The zero-order valence-corrected chi connectivity index (χ0v) is 28.4. The van der Waals surface area contributed by atoms with Gasteiger partial charge in [0.05, 0.1) is 41.3 Å². The second-order valence-electron chi connectivity index (χ2n) is 13.3. The maximum absolute atomic E-state index is 14.5. The molecule has 48 heavy (non-hydrogen) atoms. The Hall–Kier alpha value is -4.58. The SMILES string of the molecule is Cc1cccc(C)c1-c1cc2nc(n1)NS(=O)(=O)c1cccc(c1)C(=O)N(Cc1cncc(N(C)C3CCC3)n1)[C@H](CCC1CC1)CO2. The standard InChI is InChI=1S/C36H41N7O4S/c1-23-7-4-8-24(2)34(23)31-18-33-40-36(39-31)41-48(45,46)30-12-5-9-26(17-30)35(44)43(29(22-47-33)16-15-25-13-14-25)21-27-19-37-20-32(38-27)42(3)28-10-6-11-28/h4-5,7-9,12,17-20,25,28-29H,6,10-11,13-16,21-22H2,1-3H3,(H,39,40,41)/t29-/m1/s1. The van der Waals surface area contributed by atoms with Gasteiger partial charge in [0.2, 0.25) is 11.8 Å². The van der Waals surface area contributed by atoms with Crippen molar-refractivity contribution in [3.63, 3.8) is 0 Å². The second-order valence-corrected chi connectivity index (χ2v) is 15.0. The molecule has 2 fully saturated rings. The Labute approximate surface area is 281 Å². The molecule has 7 rings (SSSR count). The Morgan fingerprint density at radius 1 is 0.958 bits per heavy atom. The van der Waals surface area contributed by atoms with Crippen LogP contribution in [0.2, 0.25) is 0 Å². The van der Waals surface area contributed by atoms with Crippen LogP contribution in [0, 0.1) is 19.8 Å². The average molecular weight is 668 g/mol. The highest BCUT2D eigenvalue weighted by Gasteiger charge is 2.32. The van der Waals surface area contributed by atoms with Crippen LogP contribution in [0.1, 0.15) is 72.1 Å². The van der Waals surface area contributed by atoms with Crippen molar-refractivity contribution in [3.05, 3.63) is 83.3 Å². The number of hydrogen-bond donors (Lipinski definition) is 1. The topological polar surface area (TPSA) is 131 Å². The number of fused-ring (bicyclic) bond motifs is 4. The molecule has 4 aromatic rings. The molecule has 11 nitrogen and oxygen atoms in total. The smallest absolute Gasteiger partial charge is 0.264 e. The minimum Gasteiger partial charge on any atom is -0.475 e. The molecule has 2 aromatic carbocycles. The number of aromatic nitrogens is 4. The summed E-state index contributed by atoms with van der Waals surface area (Å²) in [6.07, 6.45) is 10.9. The van der Waals surface area contributed by atoms with Gasteiger partial charge in [-0.3, -0.25) is 9.78 Å². The van der Waals surface area contributed by atoms with Crippen LogP contribution in [0.15, 0.2) is 65.8 Å². The fourth-order valence-electron chi connectivity index (χ4n) is 6.52. The fourth-order valence-corrected chi connectivity index (χ4v) is 7.51. The lowest BCUT2D eigenvalue weighted by molar-refractivity contribution is 0.0564. The first-order valence-electron chi connectivity index (χ1n) is 16.7. The van der Waals surface area contributed by atoms with E-state index in [0.717, 1.165) is 41.8 Å². The van der Waals surface area contributed by atoms with E-state index < -0.39 is 10.0 Å². The predicted octanol–water partition coefficient (Wildman–Crippen LogP) is 5.93. The molecule has 250 valence electrons. The zero-order valence-electron chi connectivity index (χ0n) is 27.6. The van der Waals surface area contributed by atoms with E-state index in [-0.39, 0.29) is 47.4 Å². The molecule has 3 aliphatic rings. The van der Waals surface area contributed by atoms with Gasteiger partial charge in [-0.25, -0.2) is 23.1 Å². The van der Waals surface area contributed by atoms with Gasteiger partial charge in [0.15, 0.2) is 0 Å². The summed E-state index contributed by atoms with van der Waals surface area (Å²) in [5.41, 5.74) is 4.31. The summed E-state index contributed by atoms with van der Waals surface area (Å²) >= 11 is 0. The van der Waals surface area contributed by atoms with Gasteiger partial charge in [0.25, 0.3) is 15.9 Å². The number of nitrogens with zero attached hydrogens (tertiary/aromatic N) is 6. The van der Waals surface area contributed by atoms with Gasteiger partial charge in [-0.15, -0.1) is 0 Å². The summed E-state index contributed by atoms with van der Waals surface area (Å²) in [5.74, 6) is 1.22. The maximum Gasteiger partial charge on any atom is 0.264 e. The van der Waals surface area contributed by atoms with Gasteiger partial charge >= 0.3 is 0 Å². The van der Waals surface area contributed by atoms with Crippen molar-refractivity contribution in [1.29, 1.82) is 0 Å². The molecule has 3 heterocycles. The molecule has 2 saturated carbocycles. The maximum atomic E-state index is 14.5.